The van der Waals surface area contributed by atoms with Gasteiger partial charge in [-0.15, -0.1) is 0 Å². The highest BCUT2D eigenvalue weighted by Crippen LogP contribution is 2.46. The summed E-state index contributed by atoms with van der Waals surface area (Å²) in [7, 11) is 0. The minimum Gasteiger partial charge on any atom is -0.0744 e. The quantitative estimate of drug-likeness (QED) is 0.122. The average molecular weight is 763 g/mol. The van der Waals surface area contributed by atoms with Gasteiger partial charge in [0.25, 0.3) is 0 Å². The van der Waals surface area contributed by atoms with E-state index in [4.69, 9.17) is 0 Å². The third-order valence-electron chi connectivity index (χ3n) is 14.2. The third-order valence-corrected chi connectivity index (χ3v) is 14.2. The minimum absolute atomic E-state index is 0.0810. The van der Waals surface area contributed by atoms with Crippen LogP contribution in [0.2, 0.25) is 0 Å². The molecule has 0 amide bonds. The molecule has 282 valence electrons. The Morgan fingerprint density at radius 2 is 0.667 bits per heavy atom. The van der Waals surface area contributed by atoms with Gasteiger partial charge in [-0.2, -0.15) is 0 Å². The molecule has 0 aliphatic heterocycles. The number of allylic oxidation sites excluding steroid dienone is 8. The van der Waals surface area contributed by atoms with Crippen LogP contribution >= 0.6 is 0 Å². The summed E-state index contributed by atoms with van der Waals surface area (Å²) in [6.07, 6.45) is 18.7. The highest BCUT2D eigenvalue weighted by atomic mass is 14.3. The van der Waals surface area contributed by atoms with Gasteiger partial charge in [0.05, 0.1) is 0 Å². The van der Waals surface area contributed by atoms with Gasteiger partial charge in [-0.1, -0.05) is 185 Å². The van der Waals surface area contributed by atoms with Crippen molar-refractivity contribution in [2.45, 2.75) is 27.7 Å². The van der Waals surface area contributed by atoms with Gasteiger partial charge >= 0.3 is 0 Å². The van der Waals surface area contributed by atoms with Crippen LogP contribution in [0.15, 0.2) is 181 Å². The lowest BCUT2D eigenvalue weighted by molar-refractivity contribution is 0.644. The van der Waals surface area contributed by atoms with E-state index in [-0.39, 0.29) is 10.8 Å². The number of benzene rings is 9. The van der Waals surface area contributed by atoms with Crippen LogP contribution in [0.3, 0.4) is 0 Å². The molecule has 0 radical (unpaired) electrons. The minimum atomic E-state index is -0.0810. The van der Waals surface area contributed by atoms with E-state index in [9.17, 15) is 0 Å². The maximum atomic E-state index is 2.51. The molecule has 60 heavy (non-hydrogen) atoms. The summed E-state index contributed by atoms with van der Waals surface area (Å²) in [6, 6.07) is 50.8. The number of hydrogen-bond donors (Lipinski definition) is 0. The zero-order valence-corrected chi connectivity index (χ0v) is 34.3. The smallest absolute Gasteiger partial charge is 0.00907 e. The Labute approximate surface area is 349 Å². The van der Waals surface area contributed by atoms with Gasteiger partial charge in [0, 0.05) is 10.8 Å². The van der Waals surface area contributed by atoms with Crippen LogP contribution in [0.1, 0.15) is 27.7 Å². The van der Waals surface area contributed by atoms with Crippen molar-refractivity contribution in [3.05, 3.63) is 202 Å². The highest BCUT2D eigenvalue weighted by Gasteiger charge is 2.31. The van der Waals surface area contributed by atoms with Crippen LogP contribution in [-0.2, 0) is 0 Å². The summed E-state index contributed by atoms with van der Waals surface area (Å²) in [5, 5.41) is 21.1. The van der Waals surface area contributed by atoms with Gasteiger partial charge in [-0.25, -0.2) is 0 Å². The van der Waals surface area contributed by atoms with Crippen molar-refractivity contribution in [2.24, 2.45) is 10.8 Å². The maximum absolute atomic E-state index is 2.51. The van der Waals surface area contributed by atoms with Crippen molar-refractivity contribution in [1.29, 1.82) is 0 Å². The molecule has 0 atom stereocenters. The molecule has 0 saturated carbocycles. The first-order valence-corrected chi connectivity index (χ1v) is 21.4. The summed E-state index contributed by atoms with van der Waals surface area (Å²) in [5.41, 5.74) is 10.5. The predicted octanol–water partition coefficient (Wildman–Crippen LogP) is 12.9. The van der Waals surface area contributed by atoms with Gasteiger partial charge in [0.1, 0.15) is 0 Å². The average Bonchev–Trinajstić information content (AvgIpc) is 3.88. The van der Waals surface area contributed by atoms with E-state index in [1.54, 1.807) is 0 Å². The van der Waals surface area contributed by atoms with Crippen LogP contribution in [0.5, 0.6) is 0 Å². The molecule has 0 bridgehead atoms. The molecule has 9 aromatic carbocycles. The second kappa shape index (κ2) is 11.8. The fraction of sp³-hybridized carbons (Fsp3) is 0.100. The molecule has 4 aliphatic carbocycles. The van der Waals surface area contributed by atoms with E-state index in [0.29, 0.717) is 0 Å². The van der Waals surface area contributed by atoms with E-state index in [2.05, 4.69) is 210 Å². The lowest BCUT2D eigenvalue weighted by atomic mass is 9.76. The second-order valence-electron chi connectivity index (χ2n) is 18.5. The Morgan fingerprint density at radius 3 is 1.05 bits per heavy atom. The summed E-state index contributed by atoms with van der Waals surface area (Å²) in [5.74, 6) is 0. The Hall–Kier alpha value is -7.02. The maximum Gasteiger partial charge on any atom is 0.00907 e. The zero-order chi connectivity index (χ0) is 40.1. The molecule has 9 aromatic rings. The van der Waals surface area contributed by atoms with Gasteiger partial charge in [0.2, 0.25) is 0 Å². The standard InChI is InChI=1S/C60H42/c1-59(2)29-13-15-37-33-51-41-19-7-5-17-39(41)43-27-25-35(31-49(43)55(51)57(37)59)53-45-21-9-11-23-47(45)54(48-24-12-10-22-46(48)53)36-26-28-44-40-18-6-8-20-42(40)52-34-38-16-14-30-60(3,4)58(38)56(52)50(44)32-36/h5-34H,1-4H3. The van der Waals surface area contributed by atoms with Crippen LogP contribution in [0.25, 0.3) is 110 Å². The molecule has 0 aromatic heterocycles. The van der Waals surface area contributed by atoms with Crippen LogP contribution in [0.4, 0.5) is 0 Å². The molecule has 0 saturated heterocycles. The van der Waals surface area contributed by atoms with Gasteiger partial charge in [-0.3, -0.25) is 0 Å². The molecule has 13 rings (SSSR count). The number of fused-ring (bicyclic) bond motifs is 16. The van der Waals surface area contributed by atoms with E-state index in [1.807, 2.05) is 0 Å². The number of hydrogen-bond acceptors (Lipinski definition) is 0. The van der Waals surface area contributed by atoms with Gasteiger partial charge in [-0.05, 0) is 154 Å². The fourth-order valence-corrected chi connectivity index (χ4v) is 11.7. The topological polar surface area (TPSA) is 0 Å². The van der Waals surface area contributed by atoms with E-state index in [0.717, 1.165) is 0 Å². The monoisotopic (exact) mass is 762 g/mol. The molecule has 0 heterocycles. The first kappa shape index (κ1) is 33.9. The summed E-state index contributed by atoms with van der Waals surface area (Å²) in [6.45, 7) is 9.45. The van der Waals surface area contributed by atoms with Crippen molar-refractivity contribution in [3.63, 3.8) is 0 Å². The molecule has 0 spiro atoms. The normalized spacial score (nSPS) is 16.9. The van der Waals surface area contributed by atoms with Crippen molar-refractivity contribution in [1.82, 2.24) is 0 Å². The predicted molar refractivity (Wildman–Crippen MR) is 259 cm³/mol. The molecule has 0 heteroatoms. The summed E-state index contributed by atoms with van der Waals surface area (Å²) in [4.78, 5) is 0. The Balaban J connectivity index is 1.13. The molecule has 4 aliphatic rings. The largest absolute Gasteiger partial charge is 0.0744 e. The van der Waals surface area contributed by atoms with E-state index >= 15 is 0 Å². The Bertz CT molecular complexity index is 3600. The van der Waals surface area contributed by atoms with Crippen LogP contribution in [-0.4, -0.2) is 0 Å². The second-order valence-corrected chi connectivity index (χ2v) is 18.5. The van der Waals surface area contributed by atoms with Crippen molar-refractivity contribution in [2.75, 3.05) is 0 Å². The lowest BCUT2D eigenvalue weighted by Gasteiger charge is -2.27. The third kappa shape index (κ3) is 4.46. The summed E-state index contributed by atoms with van der Waals surface area (Å²) >= 11 is 0. The fourth-order valence-electron chi connectivity index (χ4n) is 11.7. The Kier molecular flexibility index (Phi) is 6.67. The van der Waals surface area contributed by atoms with Crippen LogP contribution in [0, 0.1) is 10.8 Å². The van der Waals surface area contributed by atoms with Crippen molar-refractivity contribution in [3.8, 4) is 22.3 Å². The zero-order valence-electron chi connectivity index (χ0n) is 34.3. The van der Waals surface area contributed by atoms with Gasteiger partial charge in [0.15, 0.2) is 0 Å². The molecule has 0 fully saturated rings. The molecular formula is C60H42. The molecular weight excluding hydrogens is 721 g/mol. The molecule has 0 unspecified atom stereocenters. The highest BCUT2D eigenvalue weighted by molar-refractivity contribution is 6.23. The van der Waals surface area contributed by atoms with Crippen molar-refractivity contribution < 1.29 is 0 Å². The Morgan fingerprint density at radius 1 is 0.333 bits per heavy atom. The van der Waals surface area contributed by atoms with E-state index < -0.39 is 0 Å². The molecule has 0 nitrogen and oxygen atoms in total. The lowest BCUT2D eigenvalue weighted by Crippen LogP contribution is -2.29. The first-order chi connectivity index (χ1) is 29.3. The first-order valence-electron chi connectivity index (χ1n) is 21.4. The van der Waals surface area contributed by atoms with Crippen molar-refractivity contribution >= 4 is 87.9 Å². The molecule has 0 N–H and O–H groups in total. The number of rotatable bonds is 2. The SMILES string of the molecule is CC1(C)C=CC=C2C=c3c(c4cc(-c5c6ccccc6c(-c6ccc7c(c6)c6c(c8ccccc87)=CC7=CC=CC(C)(C)C=67)c6ccccc56)ccc4c4ccccc34)=C21. The van der Waals surface area contributed by atoms with E-state index in [1.165, 1.54) is 130 Å². The van der Waals surface area contributed by atoms with Gasteiger partial charge < -0.3 is 0 Å². The summed E-state index contributed by atoms with van der Waals surface area (Å²) < 4.78 is 0. The van der Waals surface area contributed by atoms with Crippen LogP contribution < -0.4 is 20.9 Å².